The Labute approximate surface area is 100 Å². The zero-order valence-electron chi connectivity index (χ0n) is 10.2. The van der Waals surface area contributed by atoms with Gasteiger partial charge in [-0.2, -0.15) is 0 Å². The van der Waals surface area contributed by atoms with Crippen molar-refractivity contribution >= 4 is 0 Å². The molecule has 5 heteroatoms. The van der Waals surface area contributed by atoms with Gasteiger partial charge in [0, 0.05) is 18.3 Å². The predicted octanol–water partition coefficient (Wildman–Crippen LogP) is 0.331. The molecule has 5 nitrogen and oxygen atoms in total. The molecule has 0 bridgehead atoms. The van der Waals surface area contributed by atoms with Gasteiger partial charge in [-0.05, 0) is 45.8 Å². The van der Waals surface area contributed by atoms with Crippen molar-refractivity contribution in [3.8, 4) is 0 Å². The van der Waals surface area contributed by atoms with Crippen molar-refractivity contribution in [1.29, 1.82) is 0 Å². The number of aryl methyl sites for hydroxylation is 2. The lowest BCUT2D eigenvalue weighted by atomic mass is 10.3. The van der Waals surface area contributed by atoms with Gasteiger partial charge in [0.25, 0.3) is 5.56 Å². The van der Waals surface area contributed by atoms with Gasteiger partial charge in [0.2, 0.25) is 0 Å². The molecule has 1 aromatic heterocycles. The molecule has 0 radical (unpaired) electrons. The standard InChI is InChI=1S/C12H19N3O2/c1-10-9-15(12(17)13-11(10)16)8-4-7-14-5-2-3-6-14/h9H,2-8H2,1H3,(H,13,16,17). The summed E-state index contributed by atoms with van der Waals surface area (Å²) in [5.41, 5.74) is -0.00131. The minimum absolute atomic E-state index is 0.286. The molecule has 1 fully saturated rings. The topological polar surface area (TPSA) is 58.1 Å². The van der Waals surface area contributed by atoms with Crippen LogP contribution in [0.5, 0.6) is 0 Å². The third kappa shape index (κ3) is 3.06. The third-order valence-electron chi connectivity index (χ3n) is 3.26. The second-order valence-electron chi connectivity index (χ2n) is 4.67. The molecule has 0 amide bonds. The monoisotopic (exact) mass is 237 g/mol. The van der Waals surface area contributed by atoms with E-state index in [0.29, 0.717) is 12.1 Å². The lowest BCUT2D eigenvalue weighted by molar-refractivity contribution is 0.324. The van der Waals surface area contributed by atoms with E-state index in [4.69, 9.17) is 0 Å². The predicted molar refractivity (Wildman–Crippen MR) is 66.4 cm³/mol. The minimum atomic E-state index is -0.304. The van der Waals surface area contributed by atoms with Crippen molar-refractivity contribution in [3.05, 3.63) is 32.6 Å². The summed E-state index contributed by atoms with van der Waals surface area (Å²) in [5.74, 6) is 0. The van der Waals surface area contributed by atoms with Crippen molar-refractivity contribution in [2.75, 3.05) is 19.6 Å². The highest BCUT2D eigenvalue weighted by Gasteiger charge is 2.10. The third-order valence-corrected chi connectivity index (χ3v) is 3.26. The summed E-state index contributed by atoms with van der Waals surface area (Å²) in [5, 5.41) is 0. The molecular weight excluding hydrogens is 218 g/mol. The Balaban J connectivity index is 1.92. The number of H-pyrrole nitrogens is 1. The highest BCUT2D eigenvalue weighted by Crippen LogP contribution is 2.07. The number of nitrogens with one attached hydrogen (secondary N) is 1. The first-order valence-electron chi connectivity index (χ1n) is 6.19. The zero-order valence-corrected chi connectivity index (χ0v) is 10.2. The summed E-state index contributed by atoms with van der Waals surface area (Å²) in [7, 11) is 0. The molecule has 0 saturated carbocycles. The van der Waals surface area contributed by atoms with Crippen LogP contribution in [0, 0.1) is 6.92 Å². The van der Waals surface area contributed by atoms with Crippen LogP contribution in [0.3, 0.4) is 0 Å². The van der Waals surface area contributed by atoms with Gasteiger partial charge in [0.15, 0.2) is 0 Å². The Bertz CT molecular complexity index is 483. The largest absolute Gasteiger partial charge is 0.328 e. The van der Waals surface area contributed by atoms with E-state index in [1.165, 1.54) is 25.9 Å². The van der Waals surface area contributed by atoms with Crippen LogP contribution in [0.4, 0.5) is 0 Å². The van der Waals surface area contributed by atoms with E-state index in [1.54, 1.807) is 17.7 Å². The summed E-state index contributed by atoms with van der Waals surface area (Å²) in [6.07, 6.45) is 5.17. The van der Waals surface area contributed by atoms with E-state index in [-0.39, 0.29) is 11.2 Å². The average molecular weight is 237 g/mol. The molecule has 1 aromatic rings. The first kappa shape index (κ1) is 12.1. The summed E-state index contributed by atoms with van der Waals surface area (Å²) >= 11 is 0. The van der Waals surface area contributed by atoms with E-state index in [2.05, 4.69) is 9.88 Å². The Morgan fingerprint density at radius 2 is 1.94 bits per heavy atom. The van der Waals surface area contributed by atoms with E-state index in [1.807, 2.05) is 0 Å². The van der Waals surface area contributed by atoms with Gasteiger partial charge in [-0.1, -0.05) is 0 Å². The molecule has 1 saturated heterocycles. The van der Waals surface area contributed by atoms with Crippen LogP contribution in [0.25, 0.3) is 0 Å². The van der Waals surface area contributed by atoms with Crippen LogP contribution in [0.1, 0.15) is 24.8 Å². The van der Waals surface area contributed by atoms with Crippen molar-refractivity contribution < 1.29 is 0 Å². The summed E-state index contributed by atoms with van der Waals surface area (Å²) < 4.78 is 1.59. The first-order chi connectivity index (χ1) is 8.16. The number of nitrogens with zero attached hydrogens (tertiary/aromatic N) is 2. The molecular formula is C12H19N3O2. The lowest BCUT2D eigenvalue weighted by Crippen LogP contribution is -2.31. The molecule has 1 N–H and O–H groups in total. The fourth-order valence-corrected chi connectivity index (χ4v) is 2.26. The highest BCUT2D eigenvalue weighted by atomic mass is 16.2. The number of aromatic nitrogens is 2. The molecule has 0 unspecified atom stereocenters. The van der Waals surface area contributed by atoms with Gasteiger partial charge in [0.1, 0.15) is 0 Å². The summed E-state index contributed by atoms with van der Waals surface area (Å²) in [4.78, 5) is 27.5. The second-order valence-corrected chi connectivity index (χ2v) is 4.67. The van der Waals surface area contributed by atoms with Gasteiger partial charge in [-0.15, -0.1) is 0 Å². The van der Waals surface area contributed by atoms with Crippen molar-refractivity contribution in [1.82, 2.24) is 14.5 Å². The number of likely N-dealkylation sites (tertiary alicyclic amines) is 1. The van der Waals surface area contributed by atoms with Crippen LogP contribution in [0.15, 0.2) is 15.8 Å². The van der Waals surface area contributed by atoms with Gasteiger partial charge in [-0.3, -0.25) is 9.78 Å². The van der Waals surface area contributed by atoms with Crippen LogP contribution in [-0.4, -0.2) is 34.1 Å². The molecule has 17 heavy (non-hydrogen) atoms. The van der Waals surface area contributed by atoms with Crippen LogP contribution in [0.2, 0.25) is 0 Å². The fourth-order valence-electron chi connectivity index (χ4n) is 2.26. The fraction of sp³-hybridized carbons (Fsp3) is 0.667. The Kier molecular flexibility index (Phi) is 3.78. The number of hydrogen-bond acceptors (Lipinski definition) is 3. The van der Waals surface area contributed by atoms with E-state index in [0.717, 1.165) is 13.0 Å². The Morgan fingerprint density at radius 1 is 1.24 bits per heavy atom. The quantitative estimate of drug-likeness (QED) is 0.821. The van der Waals surface area contributed by atoms with Crippen molar-refractivity contribution in [2.24, 2.45) is 0 Å². The zero-order chi connectivity index (χ0) is 12.3. The average Bonchev–Trinajstić information content (AvgIpc) is 2.78. The second kappa shape index (κ2) is 5.31. The van der Waals surface area contributed by atoms with Gasteiger partial charge < -0.3 is 9.47 Å². The molecule has 94 valence electrons. The molecule has 0 aromatic carbocycles. The smallest absolute Gasteiger partial charge is 0.303 e. The van der Waals surface area contributed by atoms with E-state index < -0.39 is 0 Å². The maximum atomic E-state index is 11.5. The summed E-state index contributed by atoms with van der Waals surface area (Å²) in [6.45, 7) is 5.78. The highest BCUT2D eigenvalue weighted by molar-refractivity contribution is 5.00. The van der Waals surface area contributed by atoms with Gasteiger partial charge in [0.05, 0.1) is 0 Å². The van der Waals surface area contributed by atoms with Crippen LogP contribution < -0.4 is 11.2 Å². The van der Waals surface area contributed by atoms with Crippen molar-refractivity contribution in [3.63, 3.8) is 0 Å². The molecule has 1 aliphatic heterocycles. The number of rotatable bonds is 4. The normalized spacial score (nSPS) is 16.5. The van der Waals surface area contributed by atoms with E-state index >= 15 is 0 Å². The Morgan fingerprint density at radius 3 is 2.65 bits per heavy atom. The lowest BCUT2D eigenvalue weighted by Gasteiger charge is -2.14. The van der Waals surface area contributed by atoms with E-state index in [9.17, 15) is 9.59 Å². The van der Waals surface area contributed by atoms with Gasteiger partial charge >= 0.3 is 5.69 Å². The maximum absolute atomic E-state index is 11.5. The number of hydrogen-bond donors (Lipinski definition) is 1. The molecule has 2 heterocycles. The Hall–Kier alpha value is -1.36. The number of aromatic amines is 1. The van der Waals surface area contributed by atoms with Crippen molar-refractivity contribution in [2.45, 2.75) is 32.7 Å². The minimum Gasteiger partial charge on any atom is -0.303 e. The molecule has 2 rings (SSSR count). The molecule has 1 aliphatic rings. The van der Waals surface area contributed by atoms with Crippen LogP contribution in [-0.2, 0) is 6.54 Å². The first-order valence-corrected chi connectivity index (χ1v) is 6.19. The SMILES string of the molecule is Cc1cn(CCCN2CCCC2)c(=O)[nH]c1=O. The summed E-state index contributed by atoms with van der Waals surface area (Å²) in [6, 6.07) is 0. The molecule has 0 atom stereocenters. The maximum Gasteiger partial charge on any atom is 0.328 e. The van der Waals surface area contributed by atoms with Gasteiger partial charge in [-0.25, -0.2) is 4.79 Å². The molecule has 0 aliphatic carbocycles. The van der Waals surface area contributed by atoms with Crippen LogP contribution >= 0.6 is 0 Å². The molecule has 0 spiro atoms.